The van der Waals surface area contributed by atoms with Gasteiger partial charge in [0.1, 0.15) is 0 Å². The van der Waals surface area contributed by atoms with Crippen molar-refractivity contribution < 1.29 is 9.90 Å². The van der Waals surface area contributed by atoms with Crippen molar-refractivity contribution in [2.45, 2.75) is 18.4 Å². The van der Waals surface area contributed by atoms with E-state index < -0.39 is 5.97 Å². The summed E-state index contributed by atoms with van der Waals surface area (Å²) in [5.74, 6) is -0.196. The van der Waals surface area contributed by atoms with E-state index in [1.807, 2.05) is 24.3 Å². The molecule has 116 valence electrons. The number of carboxylic acid groups (broad SMARTS) is 1. The first-order valence-electron chi connectivity index (χ1n) is 7.70. The van der Waals surface area contributed by atoms with Gasteiger partial charge in [-0.15, -0.1) is 0 Å². The van der Waals surface area contributed by atoms with E-state index in [-0.39, 0.29) is 12.0 Å². The zero-order valence-electron chi connectivity index (χ0n) is 12.4. The van der Waals surface area contributed by atoms with Crippen LogP contribution in [0, 0.1) is 5.92 Å². The van der Waals surface area contributed by atoms with Crippen LogP contribution >= 0.6 is 15.9 Å². The molecular formula is C19H16BrNO2. The Labute approximate surface area is 143 Å². The summed E-state index contributed by atoms with van der Waals surface area (Å²) in [5, 5.41) is 13.0. The number of rotatable bonds is 2. The van der Waals surface area contributed by atoms with Gasteiger partial charge in [0.05, 0.1) is 17.3 Å². The average molecular weight is 370 g/mol. The molecule has 0 fully saturated rings. The van der Waals surface area contributed by atoms with Gasteiger partial charge in [0, 0.05) is 10.4 Å². The van der Waals surface area contributed by atoms with Crippen LogP contribution in [0.5, 0.6) is 0 Å². The van der Waals surface area contributed by atoms with Crippen LogP contribution in [0.4, 0.5) is 5.69 Å². The van der Waals surface area contributed by atoms with E-state index in [1.54, 1.807) is 6.07 Å². The highest BCUT2D eigenvalue weighted by Crippen LogP contribution is 2.50. The van der Waals surface area contributed by atoms with E-state index >= 15 is 0 Å². The maximum absolute atomic E-state index is 11.6. The largest absolute Gasteiger partial charge is 0.478 e. The molecule has 4 heteroatoms. The Morgan fingerprint density at radius 1 is 1.22 bits per heavy atom. The number of carbonyl (C=O) groups is 1. The van der Waals surface area contributed by atoms with Crippen LogP contribution in [-0.4, -0.2) is 11.1 Å². The monoisotopic (exact) mass is 369 g/mol. The predicted molar refractivity (Wildman–Crippen MR) is 93.9 cm³/mol. The third-order valence-electron chi connectivity index (χ3n) is 4.83. The third-order valence-corrected chi connectivity index (χ3v) is 5.33. The highest BCUT2D eigenvalue weighted by molar-refractivity contribution is 9.10. The van der Waals surface area contributed by atoms with Gasteiger partial charge in [0.25, 0.3) is 0 Å². The van der Waals surface area contributed by atoms with Crippen LogP contribution in [0.3, 0.4) is 0 Å². The Balaban J connectivity index is 1.85. The number of hydrogen-bond donors (Lipinski definition) is 2. The zero-order chi connectivity index (χ0) is 16.0. The Morgan fingerprint density at radius 3 is 2.83 bits per heavy atom. The maximum Gasteiger partial charge on any atom is 0.337 e. The molecule has 3 nitrogen and oxygen atoms in total. The van der Waals surface area contributed by atoms with Gasteiger partial charge >= 0.3 is 5.97 Å². The lowest BCUT2D eigenvalue weighted by molar-refractivity contribution is 0.0697. The van der Waals surface area contributed by atoms with Gasteiger partial charge in [-0.3, -0.25) is 0 Å². The number of aromatic carboxylic acids is 1. The normalized spacial score (nSPS) is 24.7. The smallest absolute Gasteiger partial charge is 0.337 e. The minimum atomic E-state index is -0.886. The standard InChI is InChI=1S/C19H16BrNO2/c20-12-5-1-4-11(10-12)17-14-7-2-6-13(14)15-8-3-9-16(19(22)23)18(15)21-17/h1-6,8-10,13-14,17,21H,7H2,(H,22,23)/t13-,14-,17-/m0/s1. The van der Waals surface area contributed by atoms with Crippen molar-refractivity contribution in [1.82, 2.24) is 0 Å². The molecule has 2 aromatic rings. The fraction of sp³-hybridized carbons (Fsp3) is 0.211. The van der Waals surface area contributed by atoms with Crippen molar-refractivity contribution in [1.29, 1.82) is 0 Å². The van der Waals surface area contributed by atoms with E-state index in [1.165, 1.54) is 5.56 Å². The molecule has 0 spiro atoms. The lowest BCUT2D eigenvalue weighted by Gasteiger charge is -2.38. The quantitative estimate of drug-likeness (QED) is 0.734. The van der Waals surface area contributed by atoms with Crippen molar-refractivity contribution in [3.8, 4) is 0 Å². The first kappa shape index (κ1) is 14.5. The lowest BCUT2D eigenvalue weighted by atomic mass is 9.76. The van der Waals surface area contributed by atoms with Crippen molar-refractivity contribution >= 4 is 27.6 Å². The number of nitrogens with one attached hydrogen (secondary N) is 1. The summed E-state index contributed by atoms with van der Waals surface area (Å²) in [7, 11) is 0. The molecule has 2 N–H and O–H groups in total. The van der Waals surface area contributed by atoms with Crippen LogP contribution in [0.25, 0.3) is 0 Å². The first-order valence-corrected chi connectivity index (χ1v) is 8.49. The molecule has 2 aliphatic rings. The molecule has 0 unspecified atom stereocenters. The first-order chi connectivity index (χ1) is 11.1. The van der Waals surface area contributed by atoms with E-state index in [4.69, 9.17) is 0 Å². The SMILES string of the molecule is O=C(O)c1cccc2c1N[C@@H](c1cccc(Br)c1)[C@H]1CC=C[C@H]21. The van der Waals surface area contributed by atoms with Gasteiger partial charge in [-0.2, -0.15) is 0 Å². The maximum atomic E-state index is 11.6. The number of hydrogen-bond acceptors (Lipinski definition) is 2. The van der Waals surface area contributed by atoms with Crippen molar-refractivity contribution in [2.24, 2.45) is 5.92 Å². The number of benzene rings is 2. The van der Waals surface area contributed by atoms with E-state index in [9.17, 15) is 9.90 Å². The third kappa shape index (κ3) is 2.38. The van der Waals surface area contributed by atoms with Gasteiger partial charge in [-0.05, 0) is 41.7 Å². The summed E-state index contributed by atoms with van der Waals surface area (Å²) in [5.41, 5.74) is 3.39. The highest BCUT2D eigenvalue weighted by Gasteiger charge is 2.39. The van der Waals surface area contributed by atoms with Crippen LogP contribution in [0.2, 0.25) is 0 Å². The molecule has 4 rings (SSSR count). The van der Waals surface area contributed by atoms with Gasteiger partial charge in [0.2, 0.25) is 0 Å². The number of para-hydroxylation sites is 1. The summed E-state index contributed by atoms with van der Waals surface area (Å²) < 4.78 is 1.04. The number of halogens is 1. The summed E-state index contributed by atoms with van der Waals surface area (Å²) in [6.45, 7) is 0. The van der Waals surface area contributed by atoms with Gasteiger partial charge in [-0.1, -0.05) is 52.3 Å². The minimum Gasteiger partial charge on any atom is -0.478 e. The molecule has 0 aromatic heterocycles. The van der Waals surface area contributed by atoms with Gasteiger partial charge in [-0.25, -0.2) is 4.79 Å². The number of fused-ring (bicyclic) bond motifs is 3. The zero-order valence-corrected chi connectivity index (χ0v) is 14.0. The predicted octanol–water partition coefficient (Wildman–Crippen LogP) is 4.97. The lowest BCUT2D eigenvalue weighted by Crippen LogP contribution is -2.30. The van der Waals surface area contributed by atoms with Crippen molar-refractivity contribution in [2.75, 3.05) is 5.32 Å². The number of anilines is 1. The molecule has 3 atom stereocenters. The number of carboxylic acids is 1. The molecule has 1 heterocycles. The molecule has 2 aromatic carbocycles. The molecule has 1 aliphatic heterocycles. The Hall–Kier alpha value is -2.07. The fourth-order valence-electron chi connectivity index (χ4n) is 3.83. The van der Waals surface area contributed by atoms with E-state index in [0.717, 1.165) is 22.1 Å². The molecule has 0 saturated heterocycles. The molecule has 23 heavy (non-hydrogen) atoms. The highest BCUT2D eigenvalue weighted by atomic mass is 79.9. The second-order valence-corrected chi connectivity index (χ2v) is 7.02. The van der Waals surface area contributed by atoms with E-state index in [2.05, 4.69) is 45.5 Å². The Bertz CT molecular complexity index is 815. The van der Waals surface area contributed by atoms with Crippen LogP contribution < -0.4 is 5.32 Å². The minimum absolute atomic E-state index is 0.112. The summed E-state index contributed by atoms with van der Waals surface area (Å²) in [6, 6.07) is 13.9. The molecular weight excluding hydrogens is 354 g/mol. The Morgan fingerprint density at radius 2 is 2.04 bits per heavy atom. The van der Waals surface area contributed by atoms with Gasteiger partial charge < -0.3 is 10.4 Å². The van der Waals surface area contributed by atoms with Crippen molar-refractivity contribution in [3.05, 3.63) is 75.8 Å². The summed E-state index contributed by atoms with van der Waals surface area (Å²) in [6.07, 6.45) is 5.44. The van der Waals surface area contributed by atoms with Crippen LogP contribution in [0.1, 0.15) is 39.9 Å². The molecule has 0 bridgehead atoms. The molecule has 0 radical (unpaired) electrons. The molecule has 1 aliphatic carbocycles. The van der Waals surface area contributed by atoms with Crippen LogP contribution in [0.15, 0.2) is 59.1 Å². The van der Waals surface area contributed by atoms with E-state index in [0.29, 0.717) is 11.5 Å². The average Bonchev–Trinajstić information content (AvgIpc) is 3.03. The number of allylic oxidation sites excluding steroid dienone is 2. The van der Waals surface area contributed by atoms with Crippen LogP contribution in [-0.2, 0) is 0 Å². The second-order valence-electron chi connectivity index (χ2n) is 6.11. The van der Waals surface area contributed by atoms with Crippen molar-refractivity contribution in [3.63, 3.8) is 0 Å². The fourth-order valence-corrected chi connectivity index (χ4v) is 4.25. The summed E-state index contributed by atoms with van der Waals surface area (Å²) in [4.78, 5) is 11.6. The molecule has 0 saturated carbocycles. The topological polar surface area (TPSA) is 49.3 Å². The van der Waals surface area contributed by atoms with Gasteiger partial charge in [0.15, 0.2) is 0 Å². The second kappa shape index (κ2) is 5.53. The summed E-state index contributed by atoms with van der Waals surface area (Å²) >= 11 is 3.53. The molecule has 0 amide bonds. The Kier molecular flexibility index (Phi) is 3.49.